The minimum Gasteiger partial charge on any atom is -0.370 e. The summed E-state index contributed by atoms with van der Waals surface area (Å²) in [5.74, 6) is 1.47. The Hall–Kier alpha value is -1.41. The average Bonchev–Trinajstić information content (AvgIpc) is 2.88. The van der Waals surface area contributed by atoms with Gasteiger partial charge in [-0.15, -0.1) is 0 Å². The molecule has 16 heavy (non-hydrogen) atoms. The second kappa shape index (κ2) is 3.29. The van der Waals surface area contributed by atoms with Crippen molar-refractivity contribution in [3.8, 4) is 6.07 Å². The minimum absolute atomic E-state index is 0.0631. The number of aromatic nitrogens is 2. The van der Waals surface area contributed by atoms with Crippen molar-refractivity contribution in [2.24, 2.45) is 5.92 Å². The molecule has 84 valence electrons. The van der Waals surface area contributed by atoms with Crippen molar-refractivity contribution >= 4 is 0 Å². The van der Waals surface area contributed by atoms with E-state index in [9.17, 15) is 0 Å². The first kappa shape index (κ1) is 9.79. The van der Waals surface area contributed by atoms with Crippen molar-refractivity contribution in [2.75, 3.05) is 7.11 Å². The van der Waals surface area contributed by atoms with Crippen LogP contribution in [0.3, 0.4) is 0 Å². The van der Waals surface area contributed by atoms with Gasteiger partial charge in [0.25, 0.3) is 0 Å². The summed E-state index contributed by atoms with van der Waals surface area (Å²) < 4.78 is 10.7. The van der Waals surface area contributed by atoms with E-state index in [-0.39, 0.29) is 17.4 Å². The Labute approximate surface area is 93.4 Å². The maximum atomic E-state index is 8.74. The van der Waals surface area contributed by atoms with Gasteiger partial charge in [-0.3, -0.25) is 0 Å². The zero-order valence-electron chi connectivity index (χ0n) is 9.14. The summed E-state index contributed by atoms with van der Waals surface area (Å²) in [7, 11) is 1.68. The second-order valence-corrected chi connectivity index (χ2v) is 4.59. The molecule has 1 aromatic heterocycles. The summed E-state index contributed by atoms with van der Waals surface area (Å²) in [6, 6.07) is 2.22. The first-order chi connectivity index (χ1) is 7.79. The van der Waals surface area contributed by atoms with Crippen LogP contribution >= 0.6 is 0 Å². The van der Waals surface area contributed by atoms with Gasteiger partial charge in [-0.05, 0) is 25.7 Å². The molecule has 5 heteroatoms. The van der Waals surface area contributed by atoms with Gasteiger partial charge in [0.1, 0.15) is 5.60 Å². The molecule has 2 fully saturated rings. The predicted molar refractivity (Wildman–Crippen MR) is 53.3 cm³/mol. The van der Waals surface area contributed by atoms with Gasteiger partial charge in [0.05, 0.1) is 17.9 Å². The van der Waals surface area contributed by atoms with Crippen LogP contribution in [0.4, 0.5) is 0 Å². The number of hydrogen-bond acceptors (Lipinski definition) is 5. The molecule has 0 bridgehead atoms. The molecule has 2 atom stereocenters. The first-order valence-corrected chi connectivity index (χ1v) is 5.58. The predicted octanol–water partition coefficient (Wildman–Crippen LogP) is 1.72. The number of rotatable bonds is 3. The molecule has 2 unspecified atom stereocenters. The highest BCUT2D eigenvalue weighted by molar-refractivity contribution is 5.17. The first-order valence-electron chi connectivity index (χ1n) is 5.58. The van der Waals surface area contributed by atoms with Crippen LogP contribution in [0.15, 0.2) is 4.52 Å². The molecule has 0 N–H and O–H groups in total. The van der Waals surface area contributed by atoms with Crippen molar-refractivity contribution in [3.05, 3.63) is 11.7 Å². The molecule has 0 saturated heterocycles. The summed E-state index contributed by atoms with van der Waals surface area (Å²) in [5, 5.41) is 12.7. The molecule has 0 amide bonds. The standard InChI is InChI=1S/C11H13N3O2/c1-15-11(3-2-4-11)10-13-9(16-14-10)8-5-7(8)6-12/h7-8H,2-5H2,1H3. The van der Waals surface area contributed by atoms with Crippen LogP contribution in [-0.4, -0.2) is 17.3 Å². The third-order valence-electron chi connectivity index (χ3n) is 3.67. The molecule has 1 aromatic rings. The SMILES string of the molecule is COC1(c2noc(C3CC3C#N)n2)CCC1. The Morgan fingerprint density at radius 3 is 2.88 bits per heavy atom. The van der Waals surface area contributed by atoms with Crippen molar-refractivity contribution < 1.29 is 9.26 Å². The lowest BCUT2D eigenvalue weighted by Crippen LogP contribution is -2.37. The molecule has 0 radical (unpaired) electrons. The Morgan fingerprint density at radius 1 is 1.56 bits per heavy atom. The molecular weight excluding hydrogens is 206 g/mol. The fourth-order valence-electron chi connectivity index (χ4n) is 2.20. The lowest BCUT2D eigenvalue weighted by molar-refractivity contribution is -0.0858. The van der Waals surface area contributed by atoms with E-state index in [1.807, 2.05) is 0 Å². The second-order valence-electron chi connectivity index (χ2n) is 4.59. The van der Waals surface area contributed by atoms with E-state index in [4.69, 9.17) is 14.5 Å². The third-order valence-corrected chi connectivity index (χ3v) is 3.67. The molecule has 0 aromatic carbocycles. The highest BCUT2D eigenvalue weighted by Crippen LogP contribution is 2.48. The molecule has 2 saturated carbocycles. The Kier molecular flexibility index (Phi) is 2.01. The van der Waals surface area contributed by atoms with Gasteiger partial charge in [-0.2, -0.15) is 10.2 Å². The maximum absolute atomic E-state index is 8.74. The van der Waals surface area contributed by atoms with Gasteiger partial charge in [-0.25, -0.2) is 0 Å². The number of nitrogens with zero attached hydrogens (tertiary/aromatic N) is 3. The molecule has 5 nitrogen and oxygen atoms in total. The van der Waals surface area contributed by atoms with Gasteiger partial charge in [0, 0.05) is 7.11 Å². The maximum Gasteiger partial charge on any atom is 0.231 e. The van der Waals surface area contributed by atoms with Crippen LogP contribution in [0, 0.1) is 17.2 Å². The van der Waals surface area contributed by atoms with Crippen LogP contribution in [0.2, 0.25) is 0 Å². The van der Waals surface area contributed by atoms with Crippen molar-refractivity contribution in [1.29, 1.82) is 5.26 Å². The van der Waals surface area contributed by atoms with Crippen LogP contribution in [0.5, 0.6) is 0 Å². The summed E-state index contributed by atoms with van der Waals surface area (Å²) in [6.07, 6.45) is 3.89. The monoisotopic (exact) mass is 219 g/mol. The number of nitriles is 1. The Morgan fingerprint density at radius 2 is 2.38 bits per heavy atom. The summed E-state index contributed by atoms with van der Waals surface area (Å²) in [5.41, 5.74) is -0.321. The van der Waals surface area contributed by atoms with Crippen LogP contribution < -0.4 is 0 Å². The Bertz CT molecular complexity index is 439. The molecule has 2 aliphatic rings. The van der Waals surface area contributed by atoms with Gasteiger partial charge < -0.3 is 9.26 Å². The average molecular weight is 219 g/mol. The highest BCUT2D eigenvalue weighted by atomic mass is 16.5. The zero-order valence-corrected chi connectivity index (χ0v) is 9.14. The van der Waals surface area contributed by atoms with Gasteiger partial charge in [0.2, 0.25) is 11.7 Å². The van der Waals surface area contributed by atoms with E-state index in [0.717, 1.165) is 25.7 Å². The molecule has 0 aliphatic heterocycles. The summed E-state index contributed by atoms with van der Waals surface area (Å²) in [4.78, 5) is 4.38. The Balaban J connectivity index is 1.81. The van der Waals surface area contributed by atoms with E-state index < -0.39 is 0 Å². The highest BCUT2D eigenvalue weighted by Gasteiger charge is 2.47. The molecule has 1 heterocycles. The van der Waals surface area contributed by atoms with Crippen LogP contribution in [-0.2, 0) is 10.3 Å². The lowest BCUT2D eigenvalue weighted by atomic mass is 9.79. The van der Waals surface area contributed by atoms with Gasteiger partial charge in [-0.1, -0.05) is 5.16 Å². The molecular formula is C11H13N3O2. The molecule has 3 rings (SSSR count). The van der Waals surface area contributed by atoms with Crippen molar-refractivity contribution in [1.82, 2.24) is 10.1 Å². The van der Waals surface area contributed by atoms with Crippen LogP contribution in [0.25, 0.3) is 0 Å². The van der Waals surface area contributed by atoms with Gasteiger partial charge >= 0.3 is 0 Å². The van der Waals surface area contributed by atoms with E-state index in [2.05, 4.69) is 16.2 Å². The number of hydrogen-bond donors (Lipinski definition) is 0. The van der Waals surface area contributed by atoms with Crippen molar-refractivity contribution in [3.63, 3.8) is 0 Å². The smallest absolute Gasteiger partial charge is 0.231 e. The molecule has 0 spiro atoms. The summed E-state index contributed by atoms with van der Waals surface area (Å²) >= 11 is 0. The number of ether oxygens (including phenoxy) is 1. The zero-order chi connectivity index (χ0) is 11.2. The minimum atomic E-state index is -0.321. The fraction of sp³-hybridized carbons (Fsp3) is 0.727. The molecule has 2 aliphatic carbocycles. The third kappa shape index (κ3) is 1.26. The van der Waals surface area contributed by atoms with E-state index >= 15 is 0 Å². The van der Waals surface area contributed by atoms with Crippen molar-refractivity contribution in [2.45, 2.75) is 37.2 Å². The van der Waals surface area contributed by atoms with Crippen LogP contribution in [0.1, 0.15) is 43.3 Å². The van der Waals surface area contributed by atoms with Gasteiger partial charge in [0.15, 0.2) is 0 Å². The fourth-order valence-corrected chi connectivity index (χ4v) is 2.20. The quantitative estimate of drug-likeness (QED) is 0.774. The normalized spacial score (nSPS) is 30.5. The topological polar surface area (TPSA) is 71.9 Å². The summed E-state index contributed by atoms with van der Waals surface area (Å²) in [6.45, 7) is 0. The van der Waals surface area contributed by atoms with E-state index in [1.54, 1.807) is 7.11 Å². The largest absolute Gasteiger partial charge is 0.370 e. The number of methoxy groups -OCH3 is 1. The van der Waals surface area contributed by atoms with E-state index in [0.29, 0.717) is 11.7 Å². The lowest BCUT2D eigenvalue weighted by Gasteiger charge is -2.37. The van der Waals surface area contributed by atoms with E-state index in [1.165, 1.54) is 0 Å².